The van der Waals surface area contributed by atoms with E-state index in [4.69, 9.17) is 0 Å². The molecular formula is C18H18O2. The predicted molar refractivity (Wildman–Crippen MR) is 81.2 cm³/mol. The van der Waals surface area contributed by atoms with Crippen LogP contribution in [0.5, 0.6) is 0 Å². The Morgan fingerprint density at radius 1 is 0.850 bits per heavy atom. The summed E-state index contributed by atoms with van der Waals surface area (Å²) in [5.74, 6) is -0.112. The summed E-state index contributed by atoms with van der Waals surface area (Å²) in [5, 5.41) is 0. The highest BCUT2D eigenvalue weighted by Crippen LogP contribution is 2.31. The summed E-state index contributed by atoms with van der Waals surface area (Å²) < 4.78 is 0. The van der Waals surface area contributed by atoms with Crippen molar-refractivity contribution in [3.63, 3.8) is 0 Å². The molecule has 2 rings (SSSR count). The number of hydrogen-bond donors (Lipinski definition) is 0. The summed E-state index contributed by atoms with van der Waals surface area (Å²) in [6.07, 6.45) is 4.16. The highest BCUT2D eigenvalue weighted by atomic mass is 16.1. The monoisotopic (exact) mass is 266 g/mol. The number of carbonyl (C=O) groups is 2. The fourth-order valence-corrected chi connectivity index (χ4v) is 2.51. The lowest BCUT2D eigenvalue weighted by Gasteiger charge is -2.21. The van der Waals surface area contributed by atoms with Crippen LogP contribution in [0.3, 0.4) is 0 Å². The van der Waals surface area contributed by atoms with E-state index in [1.54, 1.807) is 12.2 Å². The molecule has 2 heteroatoms. The first kappa shape index (κ1) is 14.2. The molecule has 20 heavy (non-hydrogen) atoms. The number of fused-ring (bicyclic) bond motifs is 1. The lowest BCUT2D eigenvalue weighted by atomic mass is 9.80. The van der Waals surface area contributed by atoms with Crippen molar-refractivity contribution in [2.45, 2.75) is 26.7 Å². The van der Waals surface area contributed by atoms with Crippen molar-refractivity contribution in [1.29, 1.82) is 0 Å². The molecule has 0 amide bonds. The van der Waals surface area contributed by atoms with E-state index in [0.717, 1.165) is 11.1 Å². The van der Waals surface area contributed by atoms with E-state index in [2.05, 4.69) is 13.2 Å². The van der Waals surface area contributed by atoms with Crippen LogP contribution >= 0.6 is 0 Å². The van der Waals surface area contributed by atoms with Gasteiger partial charge in [-0.25, -0.2) is 0 Å². The van der Waals surface area contributed by atoms with Crippen LogP contribution in [0.25, 0.3) is 0 Å². The summed E-state index contributed by atoms with van der Waals surface area (Å²) in [7, 11) is 0. The van der Waals surface area contributed by atoms with Crippen molar-refractivity contribution in [2.24, 2.45) is 0 Å². The Kier molecular flexibility index (Phi) is 3.84. The SMILES string of the molecule is C=CCC1=C(CC=C)C(=O)c2cc(C)c(C)cc2C1=O. The molecule has 0 heterocycles. The maximum Gasteiger partial charge on any atom is 0.190 e. The number of benzene rings is 1. The Balaban J connectivity index is 2.69. The van der Waals surface area contributed by atoms with Gasteiger partial charge in [0.15, 0.2) is 11.6 Å². The van der Waals surface area contributed by atoms with Gasteiger partial charge in [-0.3, -0.25) is 9.59 Å². The number of allylic oxidation sites excluding steroid dienone is 4. The van der Waals surface area contributed by atoms with Gasteiger partial charge in [-0.1, -0.05) is 12.2 Å². The molecule has 1 aromatic rings. The van der Waals surface area contributed by atoms with Crippen LogP contribution in [0.1, 0.15) is 44.7 Å². The van der Waals surface area contributed by atoms with Gasteiger partial charge in [-0.05, 0) is 49.9 Å². The smallest absolute Gasteiger partial charge is 0.190 e. The van der Waals surface area contributed by atoms with Gasteiger partial charge in [-0.15, -0.1) is 13.2 Å². The molecule has 0 atom stereocenters. The molecule has 0 saturated heterocycles. The highest BCUT2D eigenvalue weighted by Gasteiger charge is 2.31. The summed E-state index contributed by atoms with van der Waals surface area (Å²) in [6, 6.07) is 3.64. The van der Waals surface area contributed by atoms with Gasteiger partial charge in [0.1, 0.15) is 0 Å². The lowest BCUT2D eigenvalue weighted by molar-refractivity contribution is 0.0971. The average molecular weight is 266 g/mol. The van der Waals surface area contributed by atoms with Crippen molar-refractivity contribution >= 4 is 11.6 Å². The molecule has 0 bridgehead atoms. The molecular weight excluding hydrogens is 248 g/mol. The van der Waals surface area contributed by atoms with Gasteiger partial charge >= 0.3 is 0 Å². The quantitative estimate of drug-likeness (QED) is 0.768. The Hall–Kier alpha value is -2.22. The number of Topliss-reactive ketones (excluding diaryl/α,β-unsaturated/α-hetero) is 2. The van der Waals surface area contributed by atoms with Gasteiger partial charge in [0.2, 0.25) is 0 Å². The second-order valence-corrected chi connectivity index (χ2v) is 5.08. The zero-order valence-corrected chi connectivity index (χ0v) is 12.0. The van der Waals surface area contributed by atoms with Crippen LogP contribution in [0.4, 0.5) is 0 Å². The minimum Gasteiger partial charge on any atom is -0.289 e. The largest absolute Gasteiger partial charge is 0.289 e. The van der Waals surface area contributed by atoms with Crippen LogP contribution in [0.15, 0.2) is 48.6 Å². The van der Waals surface area contributed by atoms with E-state index < -0.39 is 0 Å². The van der Waals surface area contributed by atoms with Crippen molar-refractivity contribution in [3.8, 4) is 0 Å². The first-order chi connectivity index (χ1) is 9.51. The van der Waals surface area contributed by atoms with Crippen LogP contribution in [-0.2, 0) is 0 Å². The van der Waals surface area contributed by atoms with Crippen LogP contribution in [0, 0.1) is 13.8 Å². The number of carbonyl (C=O) groups excluding carboxylic acids is 2. The third-order valence-electron chi connectivity index (χ3n) is 3.73. The predicted octanol–water partition coefficient (Wildman–Crippen LogP) is 4.13. The second kappa shape index (κ2) is 5.41. The Bertz CT molecular complexity index is 603. The minimum atomic E-state index is -0.0561. The van der Waals surface area contributed by atoms with E-state index in [-0.39, 0.29) is 11.6 Å². The first-order valence-corrected chi connectivity index (χ1v) is 6.65. The summed E-state index contributed by atoms with van der Waals surface area (Å²) >= 11 is 0. The first-order valence-electron chi connectivity index (χ1n) is 6.65. The molecule has 0 unspecified atom stereocenters. The van der Waals surface area contributed by atoms with E-state index >= 15 is 0 Å². The molecule has 0 spiro atoms. The molecule has 0 radical (unpaired) electrons. The Morgan fingerprint density at radius 3 is 1.50 bits per heavy atom. The number of aryl methyl sites for hydroxylation is 2. The third kappa shape index (κ3) is 2.18. The summed E-state index contributed by atoms with van der Waals surface area (Å²) in [6.45, 7) is 11.2. The van der Waals surface area contributed by atoms with Gasteiger partial charge in [0, 0.05) is 22.3 Å². The molecule has 1 aromatic carbocycles. The van der Waals surface area contributed by atoms with Gasteiger partial charge in [0.05, 0.1) is 0 Å². The van der Waals surface area contributed by atoms with Crippen molar-refractivity contribution in [3.05, 3.63) is 70.8 Å². The third-order valence-corrected chi connectivity index (χ3v) is 3.73. The second-order valence-electron chi connectivity index (χ2n) is 5.08. The van der Waals surface area contributed by atoms with Crippen molar-refractivity contribution in [2.75, 3.05) is 0 Å². The van der Waals surface area contributed by atoms with Crippen LogP contribution in [-0.4, -0.2) is 11.6 Å². The van der Waals surface area contributed by atoms with Crippen LogP contribution in [0.2, 0.25) is 0 Å². The van der Waals surface area contributed by atoms with Gasteiger partial charge in [-0.2, -0.15) is 0 Å². The number of ketones is 2. The molecule has 0 aromatic heterocycles. The normalized spacial score (nSPS) is 14.3. The molecule has 0 aliphatic heterocycles. The molecule has 102 valence electrons. The topological polar surface area (TPSA) is 34.1 Å². The fraction of sp³-hybridized carbons (Fsp3) is 0.222. The molecule has 0 N–H and O–H groups in total. The van der Waals surface area contributed by atoms with Crippen molar-refractivity contribution in [1.82, 2.24) is 0 Å². The van der Waals surface area contributed by atoms with Crippen LogP contribution < -0.4 is 0 Å². The van der Waals surface area contributed by atoms with E-state index in [0.29, 0.717) is 35.1 Å². The Labute approximate surface area is 119 Å². The molecule has 0 fully saturated rings. The van der Waals surface area contributed by atoms with E-state index in [1.165, 1.54) is 0 Å². The minimum absolute atomic E-state index is 0.0561. The zero-order chi connectivity index (χ0) is 14.9. The number of hydrogen-bond acceptors (Lipinski definition) is 2. The molecule has 0 saturated carbocycles. The Morgan fingerprint density at radius 2 is 1.20 bits per heavy atom. The summed E-state index contributed by atoms with van der Waals surface area (Å²) in [5.41, 5.74) is 4.19. The maximum atomic E-state index is 12.6. The zero-order valence-electron chi connectivity index (χ0n) is 12.0. The van der Waals surface area contributed by atoms with E-state index in [1.807, 2.05) is 26.0 Å². The van der Waals surface area contributed by atoms with E-state index in [9.17, 15) is 9.59 Å². The highest BCUT2D eigenvalue weighted by molar-refractivity contribution is 6.27. The lowest BCUT2D eigenvalue weighted by Crippen LogP contribution is -2.22. The summed E-state index contributed by atoms with van der Waals surface area (Å²) in [4.78, 5) is 25.2. The maximum absolute atomic E-state index is 12.6. The fourth-order valence-electron chi connectivity index (χ4n) is 2.51. The van der Waals surface area contributed by atoms with Gasteiger partial charge in [0.25, 0.3) is 0 Å². The molecule has 1 aliphatic carbocycles. The standard InChI is InChI=1S/C18H18O2/c1-5-7-13-14(8-6-2)18(20)16-10-12(4)11(3)9-15(16)17(13)19/h5-6,9-10H,1-2,7-8H2,3-4H3. The van der Waals surface area contributed by atoms with Crippen molar-refractivity contribution < 1.29 is 9.59 Å². The molecule has 1 aliphatic rings. The van der Waals surface area contributed by atoms with Gasteiger partial charge < -0.3 is 0 Å². The average Bonchev–Trinajstić information content (AvgIpc) is 2.42. The number of rotatable bonds is 4. The molecule has 2 nitrogen and oxygen atoms in total.